The van der Waals surface area contributed by atoms with Gasteiger partial charge >= 0.3 is 0 Å². The number of hydrogen-bond acceptors (Lipinski definition) is 4. The Morgan fingerprint density at radius 1 is 1.08 bits per heavy atom. The number of halogens is 4. The van der Waals surface area contributed by atoms with Gasteiger partial charge in [-0.25, -0.2) is 13.8 Å². The zero-order valence-corrected chi connectivity index (χ0v) is 21.3. The van der Waals surface area contributed by atoms with Crippen molar-refractivity contribution in [3.63, 3.8) is 0 Å². The molecule has 1 atom stereocenters. The molecular weight excluding hydrogens is 523 g/mol. The van der Waals surface area contributed by atoms with Gasteiger partial charge in [0.2, 0.25) is 0 Å². The molecule has 0 spiro atoms. The fraction of sp³-hybridized carbons (Fsp3) is 0.154. The molecular formula is C26H19Cl2F2N5O2. The minimum atomic E-state index is -0.894. The SMILES string of the molecule is Cc1nn(C)c(C)c1-c1cc(NC(=O)c2cc(F)cc(Cl)c2)c2c(n1)C(=O)NC2c1cc(F)ccc1Cl. The number of amides is 2. The van der Waals surface area contributed by atoms with E-state index in [1.165, 1.54) is 24.3 Å². The van der Waals surface area contributed by atoms with E-state index in [0.717, 1.165) is 17.8 Å². The summed E-state index contributed by atoms with van der Waals surface area (Å²) in [5, 5.41) is 10.2. The number of anilines is 1. The Kier molecular flexibility index (Phi) is 6.21. The number of nitrogens with one attached hydrogen (secondary N) is 2. The summed E-state index contributed by atoms with van der Waals surface area (Å²) in [6.07, 6.45) is 0. The van der Waals surface area contributed by atoms with Crippen molar-refractivity contribution in [1.29, 1.82) is 0 Å². The van der Waals surface area contributed by atoms with Crippen LogP contribution in [0.25, 0.3) is 11.3 Å². The normalized spacial score (nSPS) is 14.5. The molecule has 4 aromatic rings. The third-order valence-corrected chi connectivity index (χ3v) is 6.81. The van der Waals surface area contributed by atoms with E-state index >= 15 is 0 Å². The summed E-state index contributed by atoms with van der Waals surface area (Å²) in [4.78, 5) is 30.9. The lowest BCUT2D eigenvalue weighted by Gasteiger charge is -2.18. The summed E-state index contributed by atoms with van der Waals surface area (Å²) < 4.78 is 29.8. The van der Waals surface area contributed by atoms with Crippen molar-refractivity contribution in [1.82, 2.24) is 20.1 Å². The van der Waals surface area contributed by atoms with Crippen LogP contribution in [0, 0.1) is 25.5 Å². The summed E-state index contributed by atoms with van der Waals surface area (Å²) in [7, 11) is 1.78. The van der Waals surface area contributed by atoms with Gasteiger partial charge in [0.1, 0.15) is 17.3 Å². The molecule has 0 aliphatic carbocycles. The summed E-state index contributed by atoms with van der Waals surface area (Å²) in [5.74, 6) is -2.41. The van der Waals surface area contributed by atoms with Crippen molar-refractivity contribution in [2.24, 2.45) is 7.05 Å². The monoisotopic (exact) mass is 541 g/mol. The van der Waals surface area contributed by atoms with Crippen molar-refractivity contribution in [2.75, 3.05) is 5.32 Å². The predicted octanol–water partition coefficient (Wildman–Crippen LogP) is 5.77. The molecule has 0 radical (unpaired) electrons. The lowest BCUT2D eigenvalue weighted by Crippen LogP contribution is -2.21. The molecule has 5 rings (SSSR count). The van der Waals surface area contributed by atoms with Gasteiger partial charge in [-0.05, 0) is 56.3 Å². The van der Waals surface area contributed by atoms with E-state index in [9.17, 15) is 18.4 Å². The molecule has 11 heteroatoms. The van der Waals surface area contributed by atoms with Crippen LogP contribution in [0.3, 0.4) is 0 Å². The Hall–Kier alpha value is -3.82. The van der Waals surface area contributed by atoms with Gasteiger partial charge in [-0.3, -0.25) is 14.3 Å². The Labute approximate surface area is 220 Å². The van der Waals surface area contributed by atoms with Crippen molar-refractivity contribution < 1.29 is 18.4 Å². The third kappa shape index (κ3) is 4.45. The second-order valence-electron chi connectivity index (χ2n) is 8.67. The average molecular weight is 542 g/mol. The van der Waals surface area contributed by atoms with E-state index in [4.69, 9.17) is 23.2 Å². The van der Waals surface area contributed by atoms with Crippen LogP contribution in [0.5, 0.6) is 0 Å². The third-order valence-electron chi connectivity index (χ3n) is 6.24. The van der Waals surface area contributed by atoms with Gasteiger partial charge in [0.15, 0.2) is 0 Å². The van der Waals surface area contributed by atoms with Gasteiger partial charge < -0.3 is 10.6 Å². The second kappa shape index (κ2) is 9.24. The van der Waals surface area contributed by atoms with Crippen LogP contribution in [0.15, 0.2) is 42.5 Å². The maximum Gasteiger partial charge on any atom is 0.271 e. The van der Waals surface area contributed by atoms with Gasteiger partial charge in [0.05, 0.1) is 23.1 Å². The quantitative estimate of drug-likeness (QED) is 0.343. The fourth-order valence-electron chi connectivity index (χ4n) is 4.52. The van der Waals surface area contributed by atoms with E-state index in [1.807, 2.05) is 6.92 Å². The summed E-state index contributed by atoms with van der Waals surface area (Å²) >= 11 is 12.3. The molecule has 37 heavy (non-hydrogen) atoms. The first-order chi connectivity index (χ1) is 17.5. The largest absolute Gasteiger partial charge is 0.340 e. The molecule has 2 aromatic carbocycles. The molecule has 188 valence electrons. The standard InChI is InChI=1S/C26H19Cl2F2N5O2/c1-11-21(12(2)35(3)34-11)19-10-20(32-25(36)13-6-14(27)8-16(30)7-13)22-23(33-26(37)24(22)31-19)17-9-15(29)4-5-18(17)28/h4-10,23H,1-3H3,(H,33,37)(H,31,32,36). The fourth-order valence-corrected chi connectivity index (χ4v) is 4.96. The van der Waals surface area contributed by atoms with Gasteiger partial charge in [0, 0.05) is 45.0 Å². The van der Waals surface area contributed by atoms with Crippen molar-refractivity contribution in [3.8, 4) is 11.3 Å². The molecule has 2 N–H and O–H groups in total. The van der Waals surface area contributed by atoms with Crippen molar-refractivity contribution >= 4 is 40.7 Å². The summed E-state index contributed by atoms with van der Waals surface area (Å²) in [6, 6.07) is 7.96. The maximum absolute atomic E-state index is 14.1. The number of carbonyl (C=O) groups excluding carboxylic acids is 2. The minimum absolute atomic E-state index is 0.0246. The average Bonchev–Trinajstić information content (AvgIpc) is 3.29. The predicted molar refractivity (Wildman–Crippen MR) is 136 cm³/mol. The number of rotatable bonds is 4. The molecule has 2 amide bonds. The summed E-state index contributed by atoms with van der Waals surface area (Å²) in [5.41, 5.74) is 3.38. The molecule has 0 bridgehead atoms. The smallest absolute Gasteiger partial charge is 0.271 e. The number of hydrogen-bond donors (Lipinski definition) is 2. The molecule has 1 aliphatic heterocycles. The molecule has 3 heterocycles. The highest BCUT2D eigenvalue weighted by molar-refractivity contribution is 6.31. The Balaban J connectivity index is 1.71. The molecule has 0 fully saturated rings. The number of aromatic nitrogens is 3. The van der Waals surface area contributed by atoms with Crippen molar-refractivity contribution in [3.05, 3.63) is 97.9 Å². The maximum atomic E-state index is 14.1. The Morgan fingerprint density at radius 2 is 1.84 bits per heavy atom. The van der Waals surface area contributed by atoms with E-state index in [2.05, 4.69) is 20.7 Å². The zero-order valence-electron chi connectivity index (χ0n) is 19.8. The van der Waals surface area contributed by atoms with E-state index in [1.54, 1.807) is 24.7 Å². The van der Waals surface area contributed by atoms with Crippen LogP contribution in [-0.2, 0) is 7.05 Å². The van der Waals surface area contributed by atoms with Crippen LogP contribution in [0.1, 0.15) is 49.4 Å². The number of aryl methyl sites for hydroxylation is 2. The lowest BCUT2D eigenvalue weighted by molar-refractivity contribution is 0.0955. The number of carbonyl (C=O) groups is 2. The molecule has 7 nitrogen and oxygen atoms in total. The lowest BCUT2D eigenvalue weighted by atomic mass is 9.97. The van der Waals surface area contributed by atoms with Crippen LogP contribution in [0.4, 0.5) is 14.5 Å². The Bertz CT molecular complexity index is 1600. The van der Waals surface area contributed by atoms with E-state index in [0.29, 0.717) is 28.1 Å². The van der Waals surface area contributed by atoms with Crippen LogP contribution < -0.4 is 10.6 Å². The van der Waals surface area contributed by atoms with Gasteiger partial charge in [-0.15, -0.1) is 0 Å². The van der Waals surface area contributed by atoms with Crippen molar-refractivity contribution in [2.45, 2.75) is 19.9 Å². The Morgan fingerprint density at radius 3 is 2.51 bits per heavy atom. The minimum Gasteiger partial charge on any atom is -0.340 e. The van der Waals surface area contributed by atoms with Crippen LogP contribution in [0.2, 0.25) is 10.0 Å². The highest BCUT2D eigenvalue weighted by Gasteiger charge is 2.36. The first kappa shape index (κ1) is 24.9. The van der Waals surface area contributed by atoms with Crippen LogP contribution >= 0.6 is 23.2 Å². The number of fused-ring (bicyclic) bond motifs is 1. The number of benzene rings is 2. The highest BCUT2D eigenvalue weighted by Crippen LogP contribution is 2.41. The zero-order chi connectivity index (χ0) is 26.6. The van der Waals surface area contributed by atoms with Gasteiger partial charge in [-0.1, -0.05) is 23.2 Å². The molecule has 0 saturated carbocycles. The van der Waals surface area contributed by atoms with E-state index in [-0.39, 0.29) is 27.0 Å². The topological polar surface area (TPSA) is 88.9 Å². The molecule has 0 saturated heterocycles. The molecule has 1 unspecified atom stereocenters. The van der Waals surface area contributed by atoms with E-state index < -0.39 is 29.5 Å². The first-order valence-electron chi connectivity index (χ1n) is 11.1. The van der Waals surface area contributed by atoms with Gasteiger partial charge in [0.25, 0.3) is 11.8 Å². The van der Waals surface area contributed by atoms with Gasteiger partial charge in [-0.2, -0.15) is 5.10 Å². The number of pyridine rings is 1. The summed E-state index contributed by atoms with van der Waals surface area (Å²) in [6.45, 7) is 3.66. The first-order valence-corrected chi connectivity index (χ1v) is 11.9. The molecule has 2 aromatic heterocycles. The highest BCUT2D eigenvalue weighted by atomic mass is 35.5. The van der Waals surface area contributed by atoms with Crippen LogP contribution in [-0.4, -0.2) is 26.6 Å². The second-order valence-corrected chi connectivity index (χ2v) is 9.51. The number of nitrogens with zero attached hydrogens (tertiary/aromatic N) is 3. The molecule has 1 aliphatic rings.